The number of morpholine rings is 1. The molecule has 1 aromatic carbocycles. The van der Waals surface area contributed by atoms with Crippen LogP contribution in [0.3, 0.4) is 0 Å². The van der Waals surface area contributed by atoms with E-state index in [-0.39, 0.29) is 23.6 Å². The summed E-state index contributed by atoms with van der Waals surface area (Å²) >= 11 is 0. The molecule has 4 rings (SSSR count). The van der Waals surface area contributed by atoms with Gasteiger partial charge in [0, 0.05) is 43.9 Å². The molecule has 2 fully saturated rings. The first-order valence-corrected chi connectivity index (χ1v) is 10.1. The van der Waals surface area contributed by atoms with Crippen molar-refractivity contribution in [3.8, 4) is 11.1 Å². The fourth-order valence-corrected chi connectivity index (χ4v) is 4.05. The molecule has 1 aromatic heterocycles. The van der Waals surface area contributed by atoms with E-state index in [1.165, 1.54) is 12.1 Å². The number of carbonyl (C=O) groups is 1. The van der Waals surface area contributed by atoms with Crippen LogP contribution >= 0.6 is 0 Å². The highest BCUT2D eigenvalue weighted by Crippen LogP contribution is 2.33. The smallest absolute Gasteiger partial charge is 0.236 e. The lowest BCUT2D eigenvalue weighted by atomic mass is 9.90. The molecule has 8 heteroatoms. The Kier molecular flexibility index (Phi) is 6.01. The summed E-state index contributed by atoms with van der Waals surface area (Å²) in [4.78, 5) is 25.6. The molecule has 0 radical (unpaired) electrons. The van der Waals surface area contributed by atoms with Crippen molar-refractivity contribution in [2.45, 2.75) is 18.8 Å². The maximum absolute atomic E-state index is 13.3. The highest BCUT2D eigenvalue weighted by atomic mass is 19.1. The van der Waals surface area contributed by atoms with E-state index in [4.69, 9.17) is 10.5 Å². The molecule has 0 bridgehead atoms. The van der Waals surface area contributed by atoms with Crippen LogP contribution in [0.5, 0.6) is 0 Å². The highest BCUT2D eigenvalue weighted by Gasteiger charge is 2.29. The summed E-state index contributed by atoms with van der Waals surface area (Å²) in [5, 5.41) is 0. The van der Waals surface area contributed by atoms with E-state index in [9.17, 15) is 9.18 Å². The number of piperidine rings is 1. The van der Waals surface area contributed by atoms with Crippen molar-refractivity contribution in [2.75, 3.05) is 51.7 Å². The average Bonchev–Trinajstić information content (AvgIpc) is 2.75. The van der Waals surface area contributed by atoms with Gasteiger partial charge in [0.05, 0.1) is 25.5 Å². The van der Waals surface area contributed by atoms with E-state index in [1.807, 2.05) is 4.90 Å². The van der Waals surface area contributed by atoms with Gasteiger partial charge >= 0.3 is 0 Å². The minimum atomic E-state index is -0.288. The molecule has 2 aliphatic heterocycles. The maximum atomic E-state index is 13.3. The van der Waals surface area contributed by atoms with Crippen LogP contribution in [0.15, 0.2) is 30.5 Å². The van der Waals surface area contributed by atoms with Gasteiger partial charge in [0.2, 0.25) is 11.9 Å². The Balaban J connectivity index is 1.52. The number of nitrogen functional groups attached to an aromatic ring is 1. The van der Waals surface area contributed by atoms with Crippen molar-refractivity contribution >= 4 is 11.9 Å². The molecule has 154 valence electrons. The Morgan fingerprint density at radius 2 is 1.97 bits per heavy atom. The molecule has 2 saturated heterocycles. The van der Waals surface area contributed by atoms with E-state index in [2.05, 4.69) is 14.9 Å². The van der Waals surface area contributed by atoms with Crippen LogP contribution in [0.25, 0.3) is 11.1 Å². The number of nitrogens with two attached hydrogens (primary N) is 1. The van der Waals surface area contributed by atoms with Crippen molar-refractivity contribution in [2.24, 2.45) is 0 Å². The van der Waals surface area contributed by atoms with Gasteiger partial charge in [-0.3, -0.25) is 9.69 Å². The van der Waals surface area contributed by atoms with Crippen LogP contribution in [0.1, 0.15) is 24.5 Å². The third-order valence-corrected chi connectivity index (χ3v) is 5.62. The second-order valence-corrected chi connectivity index (χ2v) is 7.60. The second-order valence-electron chi connectivity index (χ2n) is 7.60. The first kappa shape index (κ1) is 19.7. The monoisotopic (exact) mass is 399 g/mol. The summed E-state index contributed by atoms with van der Waals surface area (Å²) in [6, 6.07) is 6.29. The molecular formula is C21H26FN5O2. The van der Waals surface area contributed by atoms with Crippen LogP contribution < -0.4 is 5.73 Å². The van der Waals surface area contributed by atoms with Crippen LogP contribution in [-0.4, -0.2) is 71.6 Å². The molecule has 0 unspecified atom stereocenters. The summed E-state index contributed by atoms with van der Waals surface area (Å²) in [5.41, 5.74) is 8.39. The SMILES string of the molecule is Nc1ncc(-c2ccc(F)cc2)c([C@@H]2CCCN(C(=O)CN3CCOCC3)C2)n1. The fourth-order valence-electron chi connectivity index (χ4n) is 4.05. The molecule has 2 aliphatic rings. The Labute approximate surface area is 169 Å². The maximum Gasteiger partial charge on any atom is 0.236 e. The van der Waals surface area contributed by atoms with Crippen LogP contribution in [0.2, 0.25) is 0 Å². The van der Waals surface area contributed by atoms with Crippen molar-refractivity contribution < 1.29 is 13.9 Å². The standard InChI is InChI=1S/C21H26FN5O2/c22-17-5-3-15(4-6-17)18-12-24-21(23)25-20(18)16-2-1-7-27(13-16)19(28)14-26-8-10-29-11-9-26/h3-6,12,16H,1-2,7-11,13-14H2,(H2,23,24,25)/t16-/m1/s1. The zero-order valence-corrected chi connectivity index (χ0v) is 16.4. The lowest BCUT2D eigenvalue weighted by Gasteiger charge is -2.35. The van der Waals surface area contributed by atoms with Gasteiger partial charge in [-0.15, -0.1) is 0 Å². The number of likely N-dealkylation sites (tertiary alicyclic amines) is 1. The third kappa shape index (κ3) is 4.71. The number of nitrogens with zero attached hydrogens (tertiary/aromatic N) is 4. The Morgan fingerprint density at radius 1 is 1.21 bits per heavy atom. The zero-order chi connectivity index (χ0) is 20.2. The van der Waals surface area contributed by atoms with E-state index < -0.39 is 0 Å². The van der Waals surface area contributed by atoms with Gasteiger partial charge < -0.3 is 15.4 Å². The summed E-state index contributed by atoms with van der Waals surface area (Å²) in [5.74, 6) is 0.136. The average molecular weight is 399 g/mol. The van der Waals surface area contributed by atoms with Crippen molar-refractivity contribution in [1.29, 1.82) is 0 Å². The van der Waals surface area contributed by atoms with Gasteiger partial charge in [-0.2, -0.15) is 0 Å². The molecule has 0 saturated carbocycles. The topological polar surface area (TPSA) is 84.6 Å². The van der Waals surface area contributed by atoms with E-state index in [0.717, 1.165) is 49.3 Å². The van der Waals surface area contributed by atoms with E-state index in [1.54, 1.807) is 18.3 Å². The Bertz CT molecular complexity index is 855. The number of carbonyl (C=O) groups excluding carboxylic acids is 1. The zero-order valence-electron chi connectivity index (χ0n) is 16.4. The number of benzene rings is 1. The van der Waals surface area contributed by atoms with Gasteiger partial charge in [0.25, 0.3) is 0 Å². The number of rotatable bonds is 4. The minimum Gasteiger partial charge on any atom is -0.379 e. The quantitative estimate of drug-likeness (QED) is 0.845. The lowest BCUT2D eigenvalue weighted by Crippen LogP contribution is -2.47. The summed E-state index contributed by atoms with van der Waals surface area (Å²) in [7, 11) is 0. The molecule has 1 atom stereocenters. The van der Waals surface area contributed by atoms with E-state index in [0.29, 0.717) is 26.3 Å². The van der Waals surface area contributed by atoms with Crippen molar-refractivity contribution in [3.63, 3.8) is 0 Å². The molecule has 7 nitrogen and oxygen atoms in total. The lowest BCUT2D eigenvalue weighted by molar-refractivity contribution is -0.134. The van der Waals surface area contributed by atoms with Gasteiger partial charge in [-0.1, -0.05) is 12.1 Å². The molecule has 3 heterocycles. The second kappa shape index (κ2) is 8.84. The molecule has 0 aliphatic carbocycles. The number of amides is 1. The molecule has 2 N–H and O–H groups in total. The van der Waals surface area contributed by atoms with Gasteiger partial charge in [0.1, 0.15) is 5.82 Å². The van der Waals surface area contributed by atoms with Crippen LogP contribution in [0.4, 0.5) is 10.3 Å². The van der Waals surface area contributed by atoms with Crippen LogP contribution in [-0.2, 0) is 9.53 Å². The predicted molar refractivity (Wildman–Crippen MR) is 108 cm³/mol. The first-order chi connectivity index (χ1) is 14.1. The third-order valence-electron chi connectivity index (χ3n) is 5.62. The van der Waals surface area contributed by atoms with Gasteiger partial charge in [-0.05, 0) is 30.5 Å². The highest BCUT2D eigenvalue weighted by molar-refractivity contribution is 5.78. The first-order valence-electron chi connectivity index (χ1n) is 10.1. The van der Waals surface area contributed by atoms with Gasteiger partial charge in [-0.25, -0.2) is 14.4 Å². The molecule has 1 amide bonds. The van der Waals surface area contributed by atoms with Crippen molar-refractivity contribution in [1.82, 2.24) is 19.8 Å². The van der Waals surface area contributed by atoms with E-state index >= 15 is 0 Å². The fraction of sp³-hybridized carbons (Fsp3) is 0.476. The number of hydrogen-bond donors (Lipinski definition) is 1. The van der Waals surface area contributed by atoms with Crippen LogP contribution in [0, 0.1) is 5.82 Å². The van der Waals surface area contributed by atoms with Gasteiger partial charge in [0.15, 0.2) is 0 Å². The van der Waals surface area contributed by atoms with Crippen molar-refractivity contribution in [3.05, 3.63) is 42.0 Å². The molecule has 0 spiro atoms. The Morgan fingerprint density at radius 3 is 2.72 bits per heavy atom. The summed E-state index contributed by atoms with van der Waals surface area (Å²) < 4.78 is 18.7. The normalized spacial score (nSPS) is 20.6. The number of anilines is 1. The summed E-state index contributed by atoms with van der Waals surface area (Å²) in [6.45, 7) is 4.72. The number of hydrogen-bond acceptors (Lipinski definition) is 6. The Hall–Kier alpha value is -2.58. The number of halogens is 1. The number of ether oxygens (including phenoxy) is 1. The molecule has 29 heavy (non-hydrogen) atoms. The minimum absolute atomic E-state index is 0.0720. The summed E-state index contributed by atoms with van der Waals surface area (Å²) in [6.07, 6.45) is 3.53. The molecular weight excluding hydrogens is 373 g/mol. The number of aromatic nitrogens is 2. The predicted octanol–water partition coefficient (Wildman–Crippen LogP) is 1.90. The molecule has 2 aromatic rings. The largest absolute Gasteiger partial charge is 0.379 e.